The van der Waals surface area contributed by atoms with E-state index in [4.69, 9.17) is 13.9 Å². The Balaban J connectivity index is 2.08. The lowest BCUT2D eigenvalue weighted by Crippen LogP contribution is -2.16. The predicted octanol–water partition coefficient (Wildman–Crippen LogP) is 2.40. The van der Waals surface area contributed by atoms with E-state index in [1.54, 1.807) is 14.2 Å². The molecule has 3 nitrogen and oxygen atoms in total. The van der Waals surface area contributed by atoms with Gasteiger partial charge in [-0.3, -0.25) is 0 Å². The molecule has 1 aromatic rings. The Hall–Kier alpha value is -0.943. The molecule has 0 heterocycles. The third-order valence-electron chi connectivity index (χ3n) is 2.99. The van der Waals surface area contributed by atoms with Crippen LogP contribution in [0.15, 0.2) is 30.8 Å². The molecule has 0 atom stereocenters. The first-order valence-electron chi connectivity index (χ1n) is 6.65. The van der Waals surface area contributed by atoms with Crippen molar-refractivity contribution in [2.45, 2.75) is 25.2 Å². The average molecular weight is 280 g/mol. The van der Waals surface area contributed by atoms with Crippen molar-refractivity contribution in [1.29, 1.82) is 0 Å². The van der Waals surface area contributed by atoms with Gasteiger partial charge in [0.25, 0.3) is 0 Å². The molecule has 0 amide bonds. The van der Waals surface area contributed by atoms with Crippen LogP contribution in [0.1, 0.15) is 17.5 Å². The van der Waals surface area contributed by atoms with Crippen molar-refractivity contribution in [3.05, 3.63) is 42.0 Å². The van der Waals surface area contributed by atoms with Crippen LogP contribution in [0.25, 0.3) is 6.08 Å². The molecule has 1 aromatic carbocycles. The fourth-order valence-corrected chi connectivity index (χ4v) is 3.05. The standard InChI is InChI=1S/C15H24O3Si/c1-4-13-7-9-14(10-8-13)6-5-11-18-19-12-15(16-2)17-3/h4,7-10,15H,1,5-6,11-12,19H2,2-3H3. The third kappa shape index (κ3) is 6.68. The lowest BCUT2D eigenvalue weighted by Gasteiger charge is -2.12. The molecule has 4 heteroatoms. The van der Waals surface area contributed by atoms with E-state index in [1.807, 2.05) is 6.08 Å². The minimum absolute atomic E-state index is 0.0990. The van der Waals surface area contributed by atoms with Crippen molar-refractivity contribution >= 4 is 15.8 Å². The van der Waals surface area contributed by atoms with Gasteiger partial charge in [0.05, 0.1) is 0 Å². The van der Waals surface area contributed by atoms with Gasteiger partial charge in [-0.15, -0.1) is 0 Å². The van der Waals surface area contributed by atoms with Crippen LogP contribution >= 0.6 is 0 Å². The number of aryl methyl sites for hydroxylation is 1. The second-order valence-corrected chi connectivity index (χ2v) is 5.75. The molecule has 0 saturated carbocycles. The van der Waals surface area contributed by atoms with Crippen molar-refractivity contribution in [2.24, 2.45) is 0 Å². The fraction of sp³-hybridized carbons (Fsp3) is 0.467. The summed E-state index contributed by atoms with van der Waals surface area (Å²) in [7, 11) is 2.79. The zero-order chi connectivity index (χ0) is 13.9. The van der Waals surface area contributed by atoms with Gasteiger partial charge in [0.1, 0.15) is 0 Å². The van der Waals surface area contributed by atoms with Crippen molar-refractivity contribution in [3.8, 4) is 0 Å². The number of hydrogen-bond donors (Lipinski definition) is 0. The number of benzene rings is 1. The molecule has 0 aliphatic heterocycles. The number of methoxy groups -OCH3 is 2. The fourth-order valence-electron chi connectivity index (χ4n) is 1.81. The number of ether oxygens (including phenoxy) is 2. The highest BCUT2D eigenvalue weighted by atomic mass is 28.2. The van der Waals surface area contributed by atoms with Crippen molar-refractivity contribution < 1.29 is 13.9 Å². The van der Waals surface area contributed by atoms with Crippen LogP contribution in [0.3, 0.4) is 0 Å². The summed E-state index contributed by atoms with van der Waals surface area (Å²) in [5, 5.41) is 0. The summed E-state index contributed by atoms with van der Waals surface area (Å²) >= 11 is 0. The Morgan fingerprint density at radius 3 is 2.47 bits per heavy atom. The van der Waals surface area contributed by atoms with E-state index in [0.29, 0.717) is 0 Å². The maximum absolute atomic E-state index is 5.70. The summed E-state index contributed by atoms with van der Waals surface area (Å²) < 4.78 is 15.9. The topological polar surface area (TPSA) is 27.7 Å². The summed E-state index contributed by atoms with van der Waals surface area (Å²) in [5.74, 6) is 0. The highest BCUT2D eigenvalue weighted by Gasteiger charge is 2.04. The van der Waals surface area contributed by atoms with Gasteiger partial charge in [0.2, 0.25) is 0 Å². The Morgan fingerprint density at radius 1 is 1.21 bits per heavy atom. The molecule has 0 bridgehead atoms. The van der Waals surface area contributed by atoms with Crippen LogP contribution in [0.2, 0.25) is 6.04 Å². The van der Waals surface area contributed by atoms with Crippen molar-refractivity contribution in [1.82, 2.24) is 0 Å². The van der Waals surface area contributed by atoms with Gasteiger partial charge in [-0.05, 0) is 24.0 Å². The van der Waals surface area contributed by atoms with Crippen LogP contribution < -0.4 is 0 Å². The summed E-state index contributed by atoms with van der Waals surface area (Å²) in [6.45, 7) is 4.58. The highest BCUT2D eigenvalue weighted by Crippen LogP contribution is 2.07. The van der Waals surface area contributed by atoms with E-state index >= 15 is 0 Å². The van der Waals surface area contributed by atoms with E-state index in [0.717, 1.165) is 31.1 Å². The van der Waals surface area contributed by atoms with Gasteiger partial charge in [0, 0.05) is 26.9 Å². The first-order chi connectivity index (χ1) is 9.30. The molecule has 0 radical (unpaired) electrons. The van der Waals surface area contributed by atoms with Crippen LogP contribution in [0.4, 0.5) is 0 Å². The van der Waals surface area contributed by atoms with Gasteiger partial charge in [-0.1, -0.05) is 36.9 Å². The van der Waals surface area contributed by atoms with Gasteiger partial charge < -0.3 is 13.9 Å². The maximum atomic E-state index is 5.70. The lowest BCUT2D eigenvalue weighted by molar-refractivity contribution is -0.0888. The Bertz CT molecular complexity index is 347. The molecule has 0 aliphatic carbocycles. The summed E-state index contributed by atoms with van der Waals surface area (Å²) in [6, 6.07) is 9.40. The molecule has 0 N–H and O–H groups in total. The summed E-state index contributed by atoms with van der Waals surface area (Å²) in [5.41, 5.74) is 2.51. The second-order valence-electron chi connectivity index (χ2n) is 4.35. The highest BCUT2D eigenvalue weighted by molar-refractivity contribution is 6.27. The largest absolute Gasteiger partial charge is 0.424 e. The Morgan fingerprint density at radius 2 is 1.89 bits per heavy atom. The lowest BCUT2D eigenvalue weighted by atomic mass is 10.1. The molecule has 0 unspecified atom stereocenters. The minimum Gasteiger partial charge on any atom is -0.424 e. The van der Waals surface area contributed by atoms with E-state index in [1.165, 1.54) is 5.56 Å². The Kier molecular flexibility index (Phi) is 8.41. The van der Waals surface area contributed by atoms with Crippen LogP contribution in [0.5, 0.6) is 0 Å². The molecule has 106 valence electrons. The number of hydrogen-bond acceptors (Lipinski definition) is 3. The zero-order valence-corrected chi connectivity index (χ0v) is 13.3. The molecule has 0 fully saturated rings. The average Bonchev–Trinajstić information content (AvgIpc) is 2.47. The molecular formula is C15H24O3Si. The molecule has 0 aliphatic rings. The third-order valence-corrected chi connectivity index (χ3v) is 4.28. The SMILES string of the molecule is C=Cc1ccc(CCCO[SiH2]CC(OC)OC)cc1. The first-order valence-corrected chi connectivity index (χ1v) is 8.22. The van der Waals surface area contributed by atoms with Crippen molar-refractivity contribution in [3.63, 3.8) is 0 Å². The van der Waals surface area contributed by atoms with Crippen LogP contribution in [-0.4, -0.2) is 36.9 Å². The van der Waals surface area contributed by atoms with Crippen LogP contribution in [-0.2, 0) is 20.3 Å². The smallest absolute Gasteiger partial charge is 0.166 e. The first kappa shape index (κ1) is 16.1. The monoisotopic (exact) mass is 280 g/mol. The second kappa shape index (κ2) is 9.92. The molecule has 0 aromatic heterocycles. The summed E-state index contributed by atoms with van der Waals surface area (Å²) in [4.78, 5) is 0. The predicted molar refractivity (Wildman–Crippen MR) is 82.0 cm³/mol. The normalized spacial score (nSPS) is 11.5. The van der Waals surface area contributed by atoms with E-state index < -0.39 is 9.76 Å². The van der Waals surface area contributed by atoms with Gasteiger partial charge in [-0.25, -0.2) is 0 Å². The maximum Gasteiger partial charge on any atom is 0.166 e. The molecule has 0 saturated heterocycles. The molecular weight excluding hydrogens is 256 g/mol. The van der Waals surface area contributed by atoms with E-state index in [2.05, 4.69) is 30.8 Å². The quantitative estimate of drug-likeness (QED) is 0.374. The Labute approximate surface area is 118 Å². The van der Waals surface area contributed by atoms with E-state index in [9.17, 15) is 0 Å². The van der Waals surface area contributed by atoms with Crippen molar-refractivity contribution in [2.75, 3.05) is 20.8 Å². The summed E-state index contributed by atoms with van der Waals surface area (Å²) in [6.07, 6.45) is 3.88. The van der Waals surface area contributed by atoms with Crippen LogP contribution in [0, 0.1) is 0 Å². The molecule has 19 heavy (non-hydrogen) atoms. The van der Waals surface area contributed by atoms with E-state index in [-0.39, 0.29) is 6.29 Å². The van der Waals surface area contributed by atoms with Gasteiger partial charge in [0.15, 0.2) is 16.1 Å². The minimum atomic E-state index is -0.532. The molecule has 1 rings (SSSR count). The number of rotatable bonds is 10. The zero-order valence-electron chi connectivity index (χ0n) is 11.9. The molecule has 0 spiro atoms. The van der Waals surface area contributed by atoms with Gasteiger partial charge >= 0.3 is 0 Å². The van der Waals surface area contributed by atoms with Gasteiger partial charge in [-0.2, -0.15) is 0 Å².